The van der Waals surface area contributed by atoms with E-state index in [2.05, 4.69) is 186 Å². The van der Waals surface area contributed by atoms with Crippen molar-refractivity contribution in [3.63, 3.8) is 0 Å². The van der Waals surface area contributed by atoms with Crippen molar-refractivity contribution in [2.45, 2.75) is 27.7 Å². The maximum Gasteiger partial charge on any atom is 0.197 e. The van der Waals surface area contributed by atoms with Crippen LogP contribution in [0.15, 0.2) is 158 Å². The summed E-state index contributed by atoms with van der Waals surface area (Å²) >= 11 is 0. The number of hydrogen-bond donors (Lipinski definition) is 0. The molecule has 0 saturated heterocycles. The Hall–Kier alpha value is -7.22. The molecule has 266 valence electrons. The van der Waals surface area contributed by atoms with Gasteiger partial charge in [-0.2, -0.15) is 0 Å². The Labute approximate surface area is 326 Å². The van der Waals surface area contributed by atoms with Gasteiger partial charge >= 0.3 is 0 Å². The van der Waals surface area contributed by atoms with Crippen LogP contribution >= 0.6 is 0 Å². The van der Waals surface area contributed by atoms with E-state index in [-0.39, 0.29) is 0 Å². The Bertz CT molecular complexity index is 3240. The van der Waals surface area contributed by atoms with Gasteiger partial charge in [-0.3, -0.25) is 4.98 Å². The first-order valence-corrected chi connectivity index (χ1v) is 19.1. The fourth-order valence-electron chi connectivity index (χ4n) is 8.77. The van der Waals surface area contributed by atoms with Crippen LogP contribution in [0.1, 0.15) is 22.5 Å². The molecule has 10 aromatic rings. The lowest BCUT2D eigenvalue weighted by atomic mass is 9.99. The van der Waals surface area contributed by atoms with Gasteiger partial charge in [-0.15, -0.1) is 0 Å². The van der Waals surface area contributed by atoms with Crippen LogP contribution in [0, 0.1) is 34.3 Å². The molecule has 0 aliphatic heterocycles. The number of fused-ring (bicyclic) bond motifs is 6. The average molecular weight is 719 g/mol. The quantitative estimate of drug-likeness (QED) is 0.163. The number of aromatic nitrogens is 3. The van der Waals surface area contributed by atoms with E-state index in [9.17, 15) is 0 Å². The molecule has 3 heterocycles. The molecule has 56 heavy (non-hydrogen) atoms. The summed E-state index contributed by atoms with van der Waals surface area (Å²) in [5.74, 6) is 0. The lowest BCUT2D eigenvalue weighted by Crippen LogP contribution is -2.04. The van der Waals surface area contributed by atoms with Crippen LogP contribution in [-0.4, -0.2) is 14.1 Å². The second-order valence-electron chi connectivity index (χ2n) is 15.0. The fourth-order valence-corrected chi connectivity index (χ4v) is 8.77. The van der Waals surface area contributed by atoms with Gasteiger partial charge in [0.1, 0.15) is 0 Å². The Kier molecular flexibility index (Phi) is 7.73. The topological polar surface area (TPSA) is 27.1 Å². The van der Waals surface area contributed by atoms with E-state index in [1.165, 1.54) is 49.4 Å². The normalized spacial score (nSPS) is 11.6. The molecule has 4 heteroatoms. The van der Waals surface area contributed by atoms with Gasteiger partial charge in [-0.1, -0.05) is 115 Å². The van der Waals surface area contributed by atoms with E-state index in [1.807, 2.05) is 13.8 Å². The molecular weight excluding hydrogens is 681 g/mol. The smallest absolute Gasteiger partial charge is 0.197 e. The predicted molar refractivity (Wildman–Crippen MR) is 234 cm³/mol. The number of benzene rings is 7. The zero-order chi connectivity index (χ0) is 38.1. The van der Waals surface area contributed by atoms with Crippen LogP contribution in [0.2, 0.25) is 0 Å². The van der Waals surface area contributed by atoms with Crippen LogP contribution in [0.25, 0.3) is 93.2 Å². The third-order valence-electron chi connectivity index (χ3n) is 11.2. The molecule has 0 radical (unpaired) electrons. The molecule has 0 bridgehead atoms. The average Bonchev–Trinajstić information content (AvgIpc) is 3.72. The summed E-state index contributed by atoms with van der Waals surface area (Å²) in [7, 11) is 0. The molecule has 0 aliphatic rings. The Morgan fingerprint density at radius 1 is 0.429 bits per heavy atom. The zero-order valence-electron chi connectivity index (χ0n) is 31.8. The van der Waals surface area contributed by atoms with E-state index in [0.29, 0.717) is 5.69 Å². The Morgan fingerprint density at radius 2 is 0.982 bits per heavy atom. The largest absolute Gasteiger partial charge is 0.308 e. The first kappa shape index (κ1) is 33.4. The maximum atomic E-state index is 8.60. The molecule has 0 unspecified atom stereocenters. The monoisotopic (exact) mass is 718 g/mol. The third kappa shape index (κ3) is 5.32. The zero-order valence-corrected chi connectivity index (χ0v) is 31.8. The minimum atomic E-state index is 0.593. The highest BCUT2D eigenvalue weighted by molar-refractivity contribution is 6.13. The molecule has 0 N–H and O–H groups in total. The first-order chi connectivity index (χ1) is 27.4. The predicted octanol–water partition coefficient (Wildman–Crippen LogP) is 14.1. The molecule has 0 amide bonds. The summed E-state index contributed by atoms with van der Waals surface area (Å²) in [5.41, 5.74) is 17.8. The van der Waals surface area contributed by atoms with E-state index < -0.39 is 0 Å². The molecule has 0 aliphatic carbocycles. The standard InChI is InChI=1S/C52H38N4/c1-32-13-12-15-36(25-32)37-21-23-43-41-17-9-11-20-48(41)56(49(43)28-37)52-31-46(53-5)45(39-26-34(3)54-35(4)27-39)30-51(52)55-47-19-10-8-18-42(47)44-24-22-38(29-50(44)55)40-16-7-6-14-33(40)2/h6-31H,1-4H3. The second-order valence-corrected chi connectivity index (χ2v) is 15.0. The van der Waals surface area contributed by atoms with E-state index in [0.717, 1.165) is 61.5 Å². The lowest BCUT2D eigenvalue weighted by molar-refractivity contribution is 1.10. The third-order valence-corrected chi connectivity index (χ3v) is 11.2. The van der Waals surface area contributed by atoms with Gasteiger partial charge in [0, 0.05) is 32.9 Å². The lowest BCUT2D eigenvalue weighted by Gasteiger charge is -2.20. The van der Waals surface area contributed by atoms with Crippen LogP contribution in [0.5, 0.6) is 0 Å². The highest BCUT2D eigenvalue weighted by atomic mass is 15.1. The SMILES string of the molecule is [C-]#[N+]c1cc(-n2c3ccccc3c3ccc(-c4cccc(C)c4)cc32)c(-n2c3ccccc3c3ccc(-c4ccccc4C)cc32)cc1-c1cc(C)nc(C)c1. The van der Waals surface area contributed by atoms with Crippen LogP contribution in [0.4, 0.5) is 5.69 Å². The molecule has 0 atom stereocenters. The highest BCUT2D eigenvalue weighted by Gasteiger charge is 2.23. The minimum absolute atomic E-state index is 0.593. The van der Waals surface area contributed by atoms with E-state index in [1.54, 1.807) is 0 Å². The van der Waals surface area contributed by atoms with Crippen molar-refractivity contribution in [3.8, 4) is 44.8 Å². The molecule has 7 aromatic carbocycles. The van der Waals surface area contributed by atoms with Gasteiger partial charge < -0.3 is 9.13 Å². The number of nitrogens with zero attached hydrogens (tertiary/aromatic N) is 4. The van der Waals surface area contributed by atoms with Gasteiger partial charge in [0.2, 0.25) is 0 Å². The van der Waals surface area contributed by atoms with Crippen molar-refractivity contribution < 1.29 is 0 Å². The highest BCUT2D eigenvalue weighted by Crippen LogP contribution is 2.44. The van der Waals surface area contributed by atoms with Crippen molar-refractivity contribution >= 4 is 49.3 Å². The summed E-state index contributed by atoms with van der Waals surface area (Å²) in [6.45, 7) is 17.0. The molecule has 10 rings (SSSR count). The number of pyridine rings is 1. The molecule has 0 fully saturated rings. The van der Waals surface area contributed by atoms with Gasteiger partial charge in [-0.25, -0.2) is 4.85 Å². The van der Waals surface area contributed by atoms with Gasteiger partial charge in [-0.05, 0) is 115 Å². The minimum Gasteiger partial charge on any atom is -0.308 e. The van der Waals surface area contributed by atoms with Gasteiger partial charge in [0.05, 0.1) is 40.0 Å². The van der Waals surface area contributed by atoms with Crippen molar-refractivity contribution in [2.75, 3.05) is 0 Å². The van der Waals surface area contributed by atoms with Gasteiger partial charge in [0.25, 0.3) is 0 Å². The van der Waals surface area contributed by atoms with E-state index >= 15 is 0 Å². The number of hydrogen-bond acceptors (Lipinski definition) is 1. The number of rotatable bonds is 5. The summed E-state index contributed by atoms with van der Waals surface area (Å²) < 4.78 is 4.80. The Balaban J connectivity index is 1.37. The van der Waals surface area contributed by atoms with Crippen molar-refractivity contribution in [1.82, 2.24) is 14.1 Å². The van der Waals surface area contributed by atoms with Crippen molar-refractivity contribution in [2.24, 2.45) is 0 Å². The van der Waals surface area contributed by atoms with Crippen molar-refractivity contribution in [3.05, 3.63) is 192 Å². The molecule has 0 saturated carbocycles. The maximum absolute atomic E-state index is 8.60. The fraction of sp³-hybridized carbons (Fsp3) is 0.0769. The second kappa shape index (κ2) is 13.0. The summed E-state index contributed by atoms with van der Waals surface area (Å²) in [6.07, 6.45) is 0. The molecular formula is C52H38N4. The number of para-hydroxylation sites is 2. The number of aryl methyl sites for hydroxylation is 4. The van der Waals surface area contributed by atoms with Crippen molar-refractivity contribution in [1.29, 1.82) is 0 Å². The molecule has 4 nitrogen and oxygen atoms in total. The molecule has 0 spiro atoms. The summed E-state index contributed by atoms with van der Waals surface area (Å²) in [6, 6.07) is 56.8. The molecule has 3 aromatic heterocycles. The van der Waals surface area contributed by atoms with Crippen LogP contribution in [-0.2, 0) is 0 Å². The van der Waals surface area contributed by atoms with E-state index in [4.69, 9.17) is 11.6 Å². The summed E-state index contributed by atoms with van der Waals surface area (Å²) in [5, 5.41) is 4.70. The van der Waals surface area contributed by atoms with Crippen LogP contribution < -0.4 is 0 Å². The first-order valence-electron chi connectivity index (χ1n) is 19.1. The Morgan fingerprint density at radius 3 is 1.62 bits per heavy atom. The summed E-state index contributed by atoms with van der Waals surface area (Å²) in [4.78, 5) is 8.92. The van der Waals surface area contributed by atoms with Crippen LogP contribution in [0.3, 0.4) is 0 Å². The van der Waals surface area contributed by atoms with Gasteiger partial charge in [0.15, 0.2) is 5.69 Å².